The van der Waals surface area contributed by atoms with E-state index in [4.69, 9.17) is 11.6 Å². The van der Waals surface area contributed by atoms with Gasteiger partial charge in [-0.05, 0) is 37.5 Å². The highest BCUT2D eigenvalue weighted by molar-refractivity contribution is 7.99. The minimum absolute atomic E-state index is 0. The van der Waals surface area contributed by atoms with Crippen molar-refractivity contribution < 1.29 is 4.79 Å². The first-order valence-electron chi connectivity index (χ1n) is 8.03. The van der Waals surface area contributed by atoms with Gasteiger partial charge in [-0.25, -0.2) is 0 Å². The minimum Gasteiger partial charge on any atom is -0.333 e. The maximum Gasteiger partial charge on any atom is 0.224 e. The topological polar surface area (TPSA) is 32.3 Å². The van der Waals surface area contributed by atoms with E-state index in [1.807, 2.05) is 36.0 Å². The van der Waals surface area contributed by atoms with Gasteiger partial charge in [0.2, 0.25) is 5.91 Å². The predicted molar refractivity (Wildman–Crippen MR) is 101 cm³/mol. The van der Waals surface area contributed by atoms with Crippen molar-refractivity contribution in [2.24, 2.45) is 0 Å². The zero-order valence-corrected chi connectivity index (χ0v) is 15.7. The zero-order chi connectivity index (χ0) is 15.5. The van der Waals surface area contributed by atoms with Gasteiger partial charge in [0.15, 0.2) is 0 Å². The number of hydrogen-bond donors (Lipinski definition) is 1. The van der Waals surface area contributed by atoms with Crippen molar-refractivity contribution >= 4 is 41.7 Å². The molecule has 23 heavy (non-hydrogen) atoms. The number of nitrogens with zero attached hydrogens (tertiary/aromatic N) is 1. The van der Waals surface area contributed by atoms with Crippen LogP contribution in [0.2, 0.25) is 5.02 Å². The van der Waals surface area contributed by atoms with Gasteiger partial charge in [-0.15, -0.1) is 12.4 Å². The summed E-state index contributed by atoms with van der Waals surface area (Å²) in [4.78, 5) is 14.9. The number of rotatable bonds is 5. The molecule has 0 bridgehead atoms. The van der Waals surface area contributed by atoms with Crippen molar-refractivity contribution in [1.29, 1.82) is 0 Å². The highest BCUT2D eigenvalue weighted by Crippen LogP contribution is 2.35. The van der Waals surface area contributed by atoms with Crippen molar-refractivity contribution in [2.75, 3.05) is 18.1 Å². The molecule has 0 spiro atoms. The second-order valence-electron chi connectivity index (χ2n) is 6.19. The molecule has 128 valence electrons. The Balaban J connectivity index is 0.00000192. The largest absolute Gasteiger partial charge is 0.333 e. The fourth-order valence-corrected chi connectivity index (χ4v) is 4.13. The molecule has 1 amide bonds. The molecular formula is C17H24Cl2N2OS. The lowest BCUT2D eigenvalue weighted by molar-refractivity contribution is -0.134. The molecule has 1 saturated carbocycles. The van der Waals surface area contributed by atoms with Gasteiger partial charge >= 0.3 is 0 Å². The third-order valence-corrected chi connectivity index (χ3v) is 5.80. The maximum atomic E-state index is 12.8. The Kier molecular flexibility index (Phi) is 7.08. The molecule has 1 aromatic rings. The van der Waals surface area contributed by atoms with Gasteiger partial charge in [-0.1, -0.05) is 23.7 Å². The quantitative estimate of drug-likeness (QED) is 0.847. The zero-order valence-electron chi connectivity index (χ0n) is 13.3. The van der Waals surface area contributed by atoms with Crippen LogP contribution in [-0.4, -0.2) is 40.9 Å². The van der Waals surface area contributed by atoms with Gasteiger partial charge in [0.25, 0.3) is 0 Å². The summed E-state index contributed by atoms with van der Waals surface area (Å²) < 4.78 is 0. The first-order chi connectivity index (χ1) is 10.6. The van der Waals surface area contributed by atoms with Crippen molar-refractivity contribution in [3.8, 4) is 0 Å². The van der Waals surface area contributed by atoms with E-state index in [0.717, 1.165) is 41.5 Å². The molecule has 3 rings (SSSR count). The molecule has 2 aliphatic rings. The van der Waals surface area contributed by atoms with E-state index in [1.54, 1.807) is 0 Å². The summed E-state index contributed by atoms with van der Waals surface area (Å²) in [7, 11) is 0. The van der Waals surface area contributed by atoms with Gasteiger partial charge in [-0.3, -0.25) is 4.79 Å². The van der Waals surface area contributed by atoms with E-state index >= 15 is 0 Å². The van der Waals surface area contributed by atoms with Crippen LogP contribution in [0.15, 0.2) is 24.3 Å². The number of carbonyl (C=O) groups excluding carboxylic acids is 1. The number of hydrogen-bond acceptors (Lipinski definition) is 3. The summed E-state index contributed by atoms with van der Waals surface area (Å²) in [5.74, 6) is 2.47. The van der Waals surface area contributed by atoms with Crippen LogP contribution >= 0.6 is 35.8 Å². The molecule has 1 aliphatic carbocycles. The van der Waals surface area contributed by atoms with Gasteiger partial charge in [-0.2, -0.15) is 11.8 Å². The minimum atomic E-state index is 0. The highest BCUT2D eigenvalue weighted by atomic mass is 35.5. The number of nitrogens with one attached hydrogen (secondary N) is 1. The van der Waals surface area contributed by atoms with Crippen LogP contribution in [-0.2, 0) is 4.79 Å². The number of thioether (sulfide) groups is 1. The van der Waals surface area contributed by atoms with Crippen LogP contribution in [0.5, 0.6) is 0 Å². The fraction of sp³-hybridized carbons (Fsp3) is 0.588. The fourth-order valence-electron chi connectivity index (χ4n) is 3.06. The average molecular weight is 375 g/mol. The molecule has 1 N–H and O–H groups in total. The Morgan fingerprint density at radius 1 is 1.39 bits per heavy atom. The van der Waals surface area contributed by atoms with Crippen molar-refractivity contribution in [3.63, 3.8) is 0 Å². The van der Waals surface area contributed by atoms with Gasteiger partial charge < -0.3 is 10.2 Å². The van der Waals surface area contributed by atoms with Crippen LogP contribution in [0.1, 0.15) is 37.8 Å². The smallest absolute Gasteiger partial charge is 0.224 e. The highest BCUT2D eigenvalue weighted by Gasteiger charge is 2.36. The molecule has 6 heteroatoms. The van der Waals surface area contributed by atoms with Gasteiger partial charge in [0.05, 0.1) is 6.04 Å². The van der Waals surface area contributed by atoms with E-state index in [1.165, 1.54) is 0 Å². The molecule has 1 saturated heterocycles. The Hall–Kier alpha value is -0.420. The van der Waals surface area contributed by atoms with Crippen LogP contribution in [0.4, 0.5) is 0 Å². The lowest BCUT2D eigenvalue weighted by Gasteiger charge is -2.32. The normalized spacial score (nSPS) is 22.1. The second-order valence-corrected chi connectivity index (χ2v) is 7.78. The summed E-state index contributed by atoms with van der Waals surface area (Å²) in [6.07, 6.45) is 2.88. The lowest BCUT2D eigenvalue weighted by atomic mass is 10.1. The van der Waals surface area contributed by atoms with Crippen molar-refractivity contribution in [1.82, 2.24) is 10.2 Å². The predicted octanol–water partition coefficient (Wildman–Crippen LogP) is 3.91. The number of amides is 1. The Morgan fingerprint density at radius 2 is 2.09 bits per heavy atom. The SMILES string of the molecule is CC(c1ccc(Cl)cc1)N(C(=O)CC1CSCCN1)C1CC1.Cl. The van der Waals surface area contributed by atoms with E-state index < -0.39 is 0 Å². The van der Waals surface area contributed by atoms with Crippen molar-refractivity contribution in [3.05, 3.63) is 34.9 Å². The van der Waals surface area contributed by atoms with Gasteiger partial charge in [0.1, 0.15) is 0 Å². The molecule has 1 aromatic carbocycles. The molecule has 2 fully saturated rings. The Labute approximate surface area is 153 Å². The van der Waals surface area contributed by atoms with Crippen LogP contribution in [0.25, 0.3) is 0 Å². The van der Waals surface area contributed by atoms with Crippen LogP contribution in [0.3, 0.4) is 0 Å². The Morgan fingerprint density at radius 3 is 2.65 bits per heavy atom. The second kappa shape index (κ2) is 8.61. The third kappa shape index (κ3) is 5.02. The van der Waals surface area contributed by atoms with Crippen LogP contribution < -0.4 is 5.32 Å². The monoisotopic (exact) mass is 374 g/mol. The Bertz CT molecular complexity index is 516. The first kappa shape index (κ1) is 18.9. The summed E-state index contributed by atoms with van der Waals surface area (Å²) in [5.41, 5.74) is 1.16. The molecule has 1 heterocycles. The van der Waals surface area contributed by atoms with E-state index in [-0.39, 0.29) is 24.4 Å². The molecule has 3 nitrogen and oxygen atoms in total. The first-order valence-corrected chi connectivity index (χ1v) is 9.56. The van der Waals surface area contributed by atoms with Crippen molar-refractivity contribution in [2.45, 2.75) is 44.3 Å². The summed E-state index contributed by atoms with van der Waals surface area (Å²) >= 11 is 7.91. The van der Waals surface area contributed by atoms with Crippen LogP contribution in [0, 0.1) is 0 Å². The summed E-state index contributed by atoms with van der Waals surface area (Å²) in [6.45, 7) is 3.14. The summed E-state index contributed by atoms with van der Waals surface area (Å²) in [5, 5.41) is 4.20. The number of benzene rings is 1. The summed E-state index contributed by atoms with van der Waals surface area (Å²) in [6, 6.07) is 8.74. The average Bonchev–Trinajstić information content (AvgIpc) is 3.34. The number of carbonyl (C=O) groups is 1. The van der Waals surface area contributed by atoms with E-state index in [0.29, 0.717) is 18.5 Å². The molecule has 2 unspecified atom stereocenters. The molecule has 0 aromatic heterocycles. The maximum absolute atomic E-state index is 12.8. The molecule has 0 radical (unpaired) electrons. The van der Waals surface area contributed by atoms with Gasteiger partial charge in [0, 0.05) is 41.6 Å². The molecular weight excluding hydrogens is 351 g/mol. The molecule has 2 atom stereocenters. The standard InChI is InChI=1S/C17H23ClN2OS.ClH/c1-12(13-2-4-14(18)5-3-13)20(16-6-7-16)17(21)10-15-11-22-9-8-19-15;/h2-5,12,15-16,19H,6-11H2,1H3;1H. The molecule has 1 aliphatic heterocycles. The lowest BCUT2D eigenvalue weighted by Crippen LogP contribution is -2.44. The third-order valence-electron chi connectivity index (χ3n) is 4.42. The van der Waals surface area contributed by atoms with E-state index in [9.17, 15) is 4.79 Å². The number of halogens is 2. The van der Waals surface area contributed by atoms with E-state index in [2.05, 4.69) is 17.1 Å².